The van der Waals surface area contributed by atoms with E-state index >= 15 is 0 Å². The van der Waals surface area contributed by atoms with E-state index in [0.29, 0.717) is 17.8 Å². The van der Waals surface area contributed by atoms with Crippen LogP contribution in [0.15, 0.2) is 54.6 Å². The number of carbonyl (C=O) groups excluding carboxylic acids is 3. The number of nitrogens with zero attached hydrogens (tertiary/aromatic N) is 1. The summed E-state index contributed by atoms with van der Waals surface area (Å²) in [6.45, 7) is 6.18. The molecule has 1 aromatic heterocycles. The second kappa shape index (κ2) is 9.71. The molecule has 3 aromatic rings. The summed E-state index contributed by atoms with van der Waals surface area (Å²) in [4.78, 5) is 45.4. The standard InChI is InChI=1S/C27H31N3O4/c1-4-6-11-16-30-23-15-10-8-13-20(23)27(26(30)33,18(3)25(32)34-5-2)29-24(31)22-17-19-12-7-9-14-21(19)28-22/h7-10,12-15,17-18,28H,4-6,11,16H2,1-3H3,(H,29,31). The van der Waals surface area contributed by atoms with E-state index in [1.165, 1.54) is 0 Å². The first-order chi connectivity index (χ1) is 16.4. The number of nitrogens with one attached hydrogen (secondary N) is 2. The predicted molar refractivity (Wildman–Crippen MR) is 132 cm³/mol. The molecule has 34 heavy (non-hydrogen) atoms. The first-order valence-electron chi connectivity index (χ1n) is 11.9. The smallest absolute Gasteiger partial charge is 0.311 e. The third-order valence-electron chi connectivity index (χ3n) is 6.56. The van der Waals surface area contributed by atoms with Gasteiger partial charge in [0.2, 0.25) is 0 Å². The molecule has 0 saturated carbocycles. The molecule has 2 N–H and O–H groups in total. The second-order valence-corrected chi connectivity index (χ2v) is 8.69. The highest BCUT2D eigenvalue weighted by atomic mass is 16.5. The molecule has 0 saturated heterocycles. The molecule has 2 unspecified atom stereocenters. The molecule has 1 aliphatic heterocycles. The van der Waals surface area contributed by atoms with E-state index in [2.05, 4.69) is 17.2 Å². The van der Waals surface area contributed by atoms with Crippen molar-refractivity contribution in [2.45, 2.75) is 45.6 Å². The number of esters is 1. The molecule has 178 valence electrons. The van der Waals surface area contributed by atoms with Gasteiger partial charge in [-0.15, -0.1) is 0 Å². The lowest BCUT2D eigenvalue weighted by Gasteiger charge is -2.34. The summed E-state index contributed by atoms with van der Waals surface area (Å²) in [6.07, 6.45) is 2.83. The minimum absolute atomic E-state index is 0.186. The van der Waals surface area contributed by atoms with Gasteiger partial charge in [-0.3, -0.25) is 14.4 Å². The second-order valence-electron chi connectivity index (χ2n) is 8.69. The van der Waals surface area contributed by atoms with Crippen LogP contribution in [0.4, 0.5) is 5.69 Å². The third-order valence-corrected chi connectivity index (χ3v) is 6.56. The van der Waals surface area contributed by atoms with Gasteiger partial charge < -0.3 is 19.9 Å². The Bertz CT molecular complexity index is 1180. The van der Waals surface area contributed by atoms with Crippen molar-refractivity contribution in [2.75, 3.05) is 18.1 Å². The zero-order valence-electron chi connectivity index (χ0n) is 19.9. The Balaban J connectivity index is 1.79. The van der Waals surface area contributed by atoms with Crippen LogP contribution in [0.1, 0.15) is 56.1 Å². The van der Waals surface area contributed by atoms with Crippen molar-refractivity contribution in [3.63, 3.8) is 0 Å². The molecular weight excluding hydrogens is 430 g/mol. The Morgan fingerprint density at radius 2 is 1.82 bits per heavy atom. The Morgan fingerprint density at radius 3 is 2.56 bits per heavy atom. The van der Waals surface area contributed by atoms with Crippen molar-refractivity contribution in [1.82, 2.24) is 10.3 Å². The topological polar surface area (TPSA) is 91.5 Å². The van der Waals surface area contributed by atoms with E-state index in [4.69, 9.17) is 4.74 Å². The van der Waals surface area contributed by atoms with E-state index in [1.54, 1.807) is 24.8 Å². The van der Waals surface area contributed by atoms with Crippen LogP contribution >= 0.6 is 0 Å². The lowest BCUT2D eigenvalue weighted by atomic mass is 9.79. The number of ether oxygens (including phenoxy) is 1. The number of hydrogen-bond acceptors (Lipinski definition) is 4. The summed E-state index contributed by atoms with van der Waals surface area (Å²) in [6, 6.07) is 16.7. The Labute approximate surface area is 199 Å². The van der Waals surface area contributed by atoms with Gasteiger partial charge in [-0.1, -0.05) is 56.2 Å². The number of aromatic amines is 1. The number of carbonyl (C=O) groups is 3. The first-order valence-corrected chi connectivity index (χ1v) is 11.9. The third kappa shape index (κ3) is 3.95. The highest BCUT2D eigenvalue weighted by molar-refractivity contribution is 6.13. The summed E-state index contributed by atoms with van der Waals surface area (Å²) < 4.78 is 5.30. The fraction of sp³-hybridized carbons (Fsp3) is 0.370. The fourth-order valence-electron chi connectivity index (χ4n) is 4.76. The number of unbranched alkanes of at least 4 members (excludes halogenated alkanes) is 2. The van der Waals surface area contributed by atoms with Gasteiger partial charge in [-0.2, -0.15) is 0 Å². The maximum Gasteiger partial charge on any atom is 0.311 e. The first kappa shape index (κ1) is 23.5. The molecular formula is C27H31N3O4. The number of aromatic nitrogens is 1. The minimum atomic E-state index is -1.57. The maximum atomic E-state index is 14.1. The highest BCUT2D eigenvalue weighted by Crippen LogP contribution is 2.45. The van der Waals surface area contributed by atoms with E-state index in [9.17, 15) is 14.4 Å². The lowest BCUT2D eigenvalue weighted by Crippen LogP contribution is -2.59. The monoisotopic (exact) mass is 461 g/mol. The maximum absolute atomic E-state index is 14.1. The molecule has 4 rings (SSSR count). The van der Waals surface area contributed by atoms with Crippen molar-refractivity contribution in [2.24, 2.45) is 5.92 Å². The summed E-state index contributed by atoms with van der Waals surface area (Å²) >= 11 is 0. The Hall–Kier alpha value is -3.61. The number of fused-ring (bicyclic) bond motifs is 2. The van der Waals surface area contributed by atoms with E-state index in [1.807, 2.05) is 48.5 Å². The summed E-state index contributed by atoms with van der Waals surface area (Å²) in [5, 5.41) is 3.86. The highest BCUT2D eigenvalue weighted by Gasteiger charge is 2.57. The van der Waals surface area contributed by atoms with Crippen LogP contribution in [-0.2, 0) is 19.9 Å². The number of amides is 2. The number of para-hydroxylation sites is 2. The number of anilines is 1. The van der Waals surface area contributed by atoms with E-state index in [-0.39, 0.29) is 12.5 Å². The van der Waals surface area contributed by atoms with E-state index < -0.39 is 23.3 Å². The van der Waals surface area contributed by atoms with Crippen LogP contribution in [0.5, 0.6) is 0 Å². The minimum Gasteiger partial charge on any atom is -0.466 e. The molecule has 0 bridgehead atoms. The molecule has 0 fully saturated rings. The molecule has 0 spiro atoms. The van der Waals surface area contributed by atoms with Gasteiger partial charge in [0.15, 0.2) is 5.54 Å². The van der Waals surface area contributed by atoms with Crippen LogP contribution in [0, 0.1) is 5.92 Å². The summed E-state index contributed by atoms with van der Waals surface area (Å²) in [7, 11) is 0. The molecule has 7 nitrogen and oxygen atoms in total. The molecule has 1 aliphatic rings. The predicted octanol–water partition coefficient (Wildman–Crippen LogP) is 4.53. The molecule has 2 aromatic carbocycles. The number of hydrogen-bond donors (Lipinski definition) is 2. The SMILES string of the molecule is CCCCCN1C(=O)C(NC(=O)c2cc3ccccc3[nH]2)(C(C)C(=O)OCC)c2ccccc21. The molecule has 2 heterocycles. The van der Waals surface area contributed by atoms with Gasteiger partial charge in [0.1, 0.15) is 5.69 Å². The summed E-state index contributed by atoms with van der Waals surface area (Å²) in [5.74, 6) is -2.22. The zero-order valence-corrected chi connectivity index (χ0v) is 19.9. The molecule has 7 heteroatoms. The average Bonchev–Trinajstić information content (AvgIpc) is 3.38. The van der Waals surface area contributed by atoms with Crippen molar-refractivity contribution in [1.29, 1.82) is 0 Å². The van der Waals surface area contributed by atoms with Crippen molar-refractivity contribution >= 4 is 34.4 Å². The molecule has 2 amide bonds. The van der Waals surface area contributed by atoms with Crippen LogP contribution < -0.4 is 10.2 Å². The van der Waals surface area contributed by atoms with Gasteiger partial charge in [-0.25, -0.2) is 0 Å². The van der Waals surface area contributed by atoms with Crippen molar-refractivity contribution in [3.05, 3.63) is 65.9 Å². The molecule has 0 aliphatic carbocycles. The van der Waals surface area contributed by atoms with Gasteiger partial charge in [0.05, 0.1) is 12.5 Å². The zero-order chi connectivity index (χ0) is 24.3. The van der Waals surface area contributed by atoms with Gasteiger partial charge in [0.25, 0.3) is 11.8 Å². The number of benzene rings is 2. The summed E-state index contributed by atoms with van der Waals surface area (Å²) in [5.41, 5.74) is 0.910. The van der Waals surface area contributed by atoms with Crippen LogP contribution in [0.3, 0.4) is 0 Å². The van der Waals surface area contributed by atoms with Gasteiger partial charge >= 0.3 is 5.97 Å². The van der Waals surface area contributed by atoms with Gasteiger partial charge in [0, 0.05) is 28.7 Å². The van der Waals surface area contributed by atoms with Crippen molar-refractivity contribution in [3.8, 4) is 0 Å². The van der Waals surface area contributed by atoms with Crippen molar-refractivity contribution < 1.29 is 19.1 Å². The Kier molecular flexibility index (Phi) is 6.72. The Morgan fingerprint density at radius 1 is 1.09 bits per heavy atom. The average molecular weight is 462 g/mol. The largest absolute Gasteiger partial charge is 0.466 e. The molecule has 0 radical (unpaired) electrons. The van der Waals surface area contributed by atoms with E-state index in [0.717, 1.165) is 35.9 Å². The van der Waals surface area contributed by atoms with Crippen LogP contribution in [0.25, 0.3) is 10.9 Å². The van der Waals surface area contributed by atoms with Gasteiger partial charge in [-0.05, 0) is 38.5 Å². The van der Waals surface area contributed by atoms with Crippen LogP contribution in [0.2, 0.25) is 0 Å². The fourth-order valence-corrected chi connectivity index (χ4v) is 4.76. The number of H-pyrrole nitrogens is 1. The normalized spacial score (nSPS) is 18.1. The number of rotatable bonds is 9. The lowest BCUT2D eigenvalue weighted by molar-refractivity contribution is -0.153. The van der Waals surface area contributed by atoms with Crippen LogP contribution in [-0.4, -0.2) is 35.9 Å². The quantitative estimate of drug-likeness (QED) is 0.362. The molecule has 2 atom stereocenters.